The van der Waals surface area contributed by atoms with Crippen molar-refractivity contribution in [3.8, 4) is 0 Å². The molecule has 2 N–H and O–H groups in total. The fourth-order valence-corrected chi connectivity index (χ4v) is 4.11. The number of nitrogens with zero attached hydrogens (tertiary/aromatic N) is 2. The molecule has 0 bridgehead atoms. The number of hydrogen-bond donors (Lipinski definition) is 2. The van der Waals surface area contributed by atoms with E-state index in [0.29, 0.717) is 12.1 Å². The molecule has 1 aromatic heterocycles. The quantitative estimate of drug-likeness (QED) is 0.327. The highest BCUT2D eigenvalue weighted by Crippen LogP contribution is 2.24. The average Bonchev–Trinajstić information content (AvgIpc) is 3.21. The molecule has 32 heavy (non-hydrogen) atoms. The lowest BCUT2D eigenvalue weighted by Crippen LogP contribution is -2.32. The van der Waals surface area contributed by atoms with Crippen LogP contribution in [0.5, 0.6) is 0 Å². The second-order valence-corrected chi connectivity index (χ2v) is 8.10. The summed E-state index contributed by atoms with van der Waals surface area (Å²) in [5.41, 5.74) is 2.59. The van der Waals surface area contributed by atoms with E-state index in [2.05, 4.69) is 15.6 Å². The number of fused-ring (bicyclic) bond motifs is 1. The van der Waals surface area contributed by atoms with Crippen molar-refractivity contribution in [2.45, 2.75) is 6.42 Å². The van der Waals surface area contributed by atoms with Gasteiger partial charge in [0.25, 0.3) is 11.6 Å². The summed E-state index contributed by atoms with van der Waals surface area (Å²) in [6.07, 6.45) is 0.701. The number of carbonyl (C=O) groups excluding carboxylic acids is 2. The first kappa shape index (κ1) is 21.1. The third-order valence-electron chi connectivity index (χ3n) is 4.66. The Morgan fingerprint density at radius 1 is 1.00 bits per heavy atom. The molecule has 4 aromatic rings. The number of aromatic nitrogens is 1. The van der Waals surface area contributed by atoms with Gasteiger partial charge >= 0.3 is 0 Å². The van der Waals surface area contributed by atoms with Gasteiger partial charge in [0.2, 0.25) is 5.91 Å². The molecule has 0 spiro atoms. The minimum absolute atomic E-state index is 0.117. The van der Waals surface area contributed by atoms with Crippen LogP contribution in [0.15, 0.2) is 72.8 Å². The van der Waals surface area contributed by atoms with E-state index in [4.69, 9.17) is 0 Å². The van der Waals surface area contributed by atoms with Crippen molar-refractivity contribution in [1.29, 1.82) is 0 Å². The van der Waals surface area contributed by atoms with E-state index in [1.165, 1.54) is 18.2 Å². The summed E-state index contributed by atoms with van der Waals surface area (Å²) in [6, 6.07) is 20.8. The van der Waals surface area contributed by atoms with Crippen molar-refractivity contribution in [3.05, 3.63) is 99.0 Å². The molecule has 1 heterocycles. The lowest BCUT2D eigenvalue weighted by atomic mass is 10.1. The molecular formula is C23H18N4O4S. The maximum Gasteiger partial charge on any atom is 0.270 e. The molecule has 0 fully saturated rings. The SMILES string of the molecule is O=C(CNC(=O)c1cccc([N+](=O)[O-])c1)Nc1ccc(Cc2nc3ccccc3s2)cc1. The van der Waals surface area contributed by atoms with Gasteiger partial charge in [0, 0.05) is 29.8 Å². The van der Waals surface area contributed by atoms with Crippen molar-refractivity contribution in [2.24, 2.45) is 0 Å². The Hall–Kier alpha value is -4.11. The number of carbonyl (C=O) groups is 2. The molecule has 0 atom stereocenters. The fraction of sp³-hybridized carbons (Fsp3) is 0.0870. The number of nitro groups is 1. The van der Waals surface area contributed by atoms with Crippen molar-refractivity contribution in [3.63, 3.8) is 0 Å². The Kier molecular flexibility index (Phi) is 6.18. The summed E-state index contributed by atoms with van der Waals surface area (Å²) in [6.45, 7) is -0.255. The number of rotatable bonds is 7. The Morgan fingerprint density at radius 3 is 2.53 bits per heavy atom. The zero-order valence-corrected chi connectivity index (χ0v) is 17.6. The number of hydrogen-bond acceptors (Lipinski definition) is 6. The van der Waals surface area contributed by atoms with Crippen molar-refractivity contribution in [1.82, 2.24) is 10.3 Å². The molecule has 0 radical (unpaired) electrons. The van der Waals surface area contributed by atoms with E-state index in [1.54, 1.807) is 23.5 Å². The predicted molar refractivity (Wildman–Crippen MR) is 123 cm³/mol. The van der Waals surface area contributed by atoms with Gasteiger partial charge < -0.3 is 10.6 Å². The molecule has 0 saturated heterocycles. The van der Waals surface area contributed by atoms with E-state index in [1.807, 2.05) is 36.4 Å². The Labute approximate surface area is 187 Å². The highest BCUT2D eigenvalue weighted by Gasteiger charge is 2.13. The number of nitro benzene ring substituents is 1. The minimum atomic E-state index is -0.579. The number of nitrogens with one attached hydrogen (secondary N) is 2. The number of non-ortho nitro benzene ring substituents is 1. The van der Waals surface area contributed by atoms with Crippen LogP contribution in [-0.4, -0.2) is 28.3 Å². The molecule has 0 saturated carbocycles. The molecule has 3 aromatic carbocycles. The molecule has 0 aliphatic carbocycles. The monoisotopic (exact) mass is 446 g/mol. The van der Waals surface area contributed by atoms with Crippen LogP contribution in [0.4, 0.5) is 11.4 Å². The van der Waals surface area contributed by atoms with Gasteiger partial charge in [0.1, 0.15) is 0 Å². The van der Waals surface area contributed by atoms with Crippen LogP contribution in [0.3, 0.4) is 0 Å². The van der Waals surface area contributed by atoms with Gasteiger partial charge in [-0.25, -0.2) is 4.98 Å². The van der Waals surface area contributed by atoms with E-state index in [-0.39, 0.29) is 17.8 Å². The van der Waals surface area contributed by atoms with Gasteiger partial charge in [-0.3, -0.25) is 19.7 Å². The van der Waals surface area contributed by atoms with Crippen LogP contribution in [0.25, 0.3) is 10.2 Å². The first-order valence-electron chi connectivity index (χ1n) is 9.74. The summed E-state index contributed by atoms with van der Waals surface area (Å²) in [5, 5.41) is 17.0. The van der Waals surface area contributed by atoms with E-state index < -0.39 is 16.7 Å². The summed E-state index contributed by atoms with van der Waals surface area (Å²) < 4.78 is 1.15. The number of thiazole rings is 1. The fourth-order valence-electron chi connectivity index (χ4n) is 3.10. The Balaban J connectivity index is 1.30. The third kappa shape index (κ3) is 5.13. The van der Waals surface area contributed by atoms with Gasteiger partial charge in [-0.1, -0.05) is 30.3 Å². The second kappa shape index (κ2) is 9.36. The smallest absolute Gasteiger partial charge is 0.270 e. The largest absolute Gasteiger partial charge is 0.343 e. The first-order valence-corrected chi connectivity index (χ1v) is 10.6. The van der Waals surface area contributed by atoms with Crippen LogP contribution in [-0.2, 0) is 11.2 Å². The molecule has 8 nitrogen and oxygen atoms in total. The predicted octanol–water partition coefficient (Wildman–Crippen LogP) is 4.16. The summed E-state index contributed by atoms with van der Waals surface area (Å²) in [5.74, 6) is -0.960. The third-order valence-corrected chi connectivity index (χ3v) is 5.70. The molecular weight excluding hydrogens is 428 g/mol. The van der Waals surface area contributed by atoms with E-state index in [9.17, 15) is 19.7 Å². The topological polar surface area (TPSA) is 114 Å². The summed E-state index contributed by atoms with van der Waals surface area (Å²) in [7, 11) is 0. The van der Waals surface area contributed by atoms with Crippen molar-refractivity contribution < 1.29 is 14.5 Å². The average molecular weight is 446 g/mol. The molecule has 160 valence electrons. The zero-order chi connectivity index (χ0) is 22.5. The highest BCUT2D eigenvalue weighted by atomic mass is 32.1. The van der Waals surface area contributed by atoms with Gasteiger partial charge in [0.05, 0.1) is 26.7 Å². The Bertz CT molecular complexity index is 1270. The van der Waals surface area contributed by atoms with Gasteiger partial charge in [-0.2, -0.15) is 0 Å². The first-order chi connectivity index (χ1) is 15.5. The van der Waals surface area contributed by atoms with Crippen LogP contribution in [0.1, 0.15) is 20.9 Å². The lowest BCUT2D eigenvalue weighted by molar-refractivity contribution is -0.384. The molecule has 0 aliphatic rings. The number of amides is 2. The van der Waals surface area contributed by atoms with Crippen molar-refractivity contribution >= 4 is 44.7 Å². The minimum Gasteiger partial charge on any atom is -0.343 e. The lowest BCUT2D eigenvalue weighted by Gasteiger charge is -2.08. The maximum atomic E-state index is 12.2. The number of para-hydroxylation sites is 1. The number of benzene rings is 3. The van der Waals surface area contributed by atoms with Crippen LogP contribution in [0.2, 0.25) is 0 Å². The number of anilines is 1. The molecule has 4 rings (SSSR count). The summed E-state index contributed by atoms with van der Waals surface area (Å²) >= 11 is 1.66. The zero-order valence-electron chi connectivity index (χ0n) is 16.8. The summed E-state index contributed by atoms with van der Waals surface area (Å²) in [4.78, 5) is 39.2. The second-order valence-electron chi connectivity index (χ2n) is 6.99. The molecule has 0 unspecified atom stereocenters. The van der Waals surface area contributed by atoms with Gasteiger partial charge in [0.15, 0.2) is 0 Å². The van der Waals surface area contributed by atoms with Crippen LogP contribution >= 0.6 is 11.3 Å². The molecule has 2 amide bonds. The van der Waals surface area contributed by atoms with Gasteiger partial charge in [-0.15, -0.1) is 11.3 Å². The van der Waals surface area contributed by atoms with Crippen LogP contribution in [0, 0.1) is 10.1 Å². The highest BCUT2D eigenvalue weighted by molar-refractivity contribution is 7.18. The maximum absolute atomic E-state index is 12.2. The van der Waals surface area contributed by atoms with Crippen molar-refractivity contribution in [2.75, 3.05) is 11.9 Å². The molecule has 9 heteroatoms. The standard InChI is InChI=1S/C23H18N4O4S/c28-21(14-24-23(29)16-4-3-5-18(13-16)27(30)31)25-17-10-8-15(9-11-17)12-22-26-19-6-1-2-7-20(19)32-22/h1-11,13H,12,14H2,(H,24,29)(H,25,28). The van der Waals surface area contributed by atoms with E-state index in [0.717, 1.165) is 26.9 Å². The Morgan fingerprint density at radius 2 is 1.78 bits per heavy atom. The van der Waals surface area contributed by atoms with E-state index >= 15 is 0 Å². The van der Waals surface area contributed by atoms with Crippen LogP contribution < -0.4 is 10.6 Å². The van der Waals surface area contributed by atoms with Gasteiger partial charge in [-0.05, 0) is 35.9 Å². The molecule has 0 aliphatic heterocycles. The normalized spacial score (nSPS) is 10.6.